The summed E-state index contributed by atoms with van der Waals surface area (Å²) in [4.78, 5) is 15.3. The van der Waals surface area contributed by atoms with E-state index in [2.05, 4.69) is 24.2 Å². The first kappa shape index (κ1) is 10.6. The Kier molecular flexibility index (Phi) is 4.28. The van der Waals surface area contributed by atoms with Crippen molar-refractivity contribution in [2.24, 2.45) is 10.9 Å². The van der Waals surface area contributed by atoms with Crippen molar-refractivity contribution in [1.82, 2.24) is 5.32 Å². The van der Waals surface area contributed by atoms with Gasteiger partial charge in [0.1, 0.15) is 0 Å². The van der Waals surface area contributed by atoms with E-state index in [0.717, 1.165) is 23.9 Å². The fourth-order valence-corrected chi connectivity index (χ4v) is 1.82. The van der Waals surface area contributed by atoms with Gasteiger partial charge < -0.3 is 5.32 Å². The lowest BCUT2D eigenvalue weighted by Crippen LogP contribution is -2.33. The number of carbonyl (C=O) groups is 1. The first-order valence-corrected chi connectivity index (χ1v) is 5.64. The second-order valence-corrected chi connectivity index (χ2v) is 4.60. The molecule has 1 heterocycles. The molecule has 0 aliphatic carbocycles. The minimum Gasteiger partial charge on any atom is -0.305 e. The van der Waals surface area contributed by atoms with Gasteiger partial charge in [-0.1, -0.05) is 25.6 Å². The Balaban J connectivity index is 2.29. The summed E-state index contributed by atoms with van der Waals surface area (Å²) in [6, 6.07) is 0. The minimum absolute atomic E-state index is 0.0991. The Labute approximate surface area is 83.4 Å². The van der Waals surface area contributed by atoms with Gasteiger partial charge in [0.25, 0.3) is 0 Å². The molecule has 13 heavy (non-hydrogen) atoms. The smallest absolute Gasteiger partial charge is 0.226 e. The number of hydrogen-bond donors (Lipinski definition) is 1. The van der Waals surface area contributed by atoms with Crippen LogP contribution in [0.2, 0.25) is 0 Å². The van der Waals surface area contributed by atoms with E-state index in [1.54, 1.807) is 11.8 Å². The second-order valence-electron chi connectivity index (χ2n) is 3.52. The normalized spacial score (nSPS) is 20.8. The molecule has 0 aromatic carbocycles. The molecule has 4 heteroatoms. The molecule has 1 saturated heterocycles. The number of carbonyl (C=O) groups excluding carboxylic acids is 1. The van der Waals surface area contributed by atoms with Crippen molar-refractivity contribution < 1.29 is 4.79 Å². The number of amidine groups is 1. The topological polar surface area (TPSA) is 41.5 Å². The minimum atomic E-state index is 0.0991. The van der Waals surface area contributed by atoms with Gasteiger partial charge in [0.05, 0.1) is 0 Å². The van der Waals surface area contributed by atoms with Crippen LogP contribution >= 0.6 is 11.8 Å². The van der Waals surface area contributed by atoms with E-state index in [1.165, 1.54) is 0 Å². The third kappa shape index (κ3) is 4.31. The number of thioether (sulfide) groups is 1. The Morgan fingerprint density at radius 1 is 1.62 bits per heavy atom. The molecule has 0 bridgehead atoms. The van der Waals surface area contributed by atoms with Crippen molar-refractivity contribution in [3.05, 3.63) is 0 Å². The van der Waals surface area contributed by atoms with Crippen LogP contribution in [-0.4, -0.2) is 23.4 Å². The van der Waals surface area contributed by atoms with Crippen molar-refractivity contribution in [2.75, 3.05) is 12.3 Å². The molecule has 0 radical (unpaired) electrons. The molecule has 0 saturated carbocycles. The highest BCUT2D eigenvalue weighted by molar-refractivity contribution is 8.14. The first-order valence-electron chi connectivity index (χ1n) is 4.65. The Bertz CT molecular complexity index is 214. The maximum absolute atomic E-state index is 11.0. The Hall–Kier alpha value is -0.510. The van der Waals surface area contributed by atoms with Gasteiger partial charge in [-0.2, -0.15) is 0 Å². The largest absolute Gasteiger partial charge is 0.305 e. The highest BCUT2D eigenvalue weighted by Crippen LogP contribution is 2.10. The zero-order chi connectivity index (χ0) is 9.68. The lowest BCUT2D eigenvalue weighted by Gasteiger charge is -2.13. The van der Waals surface area contributed by atoms with E-state index in [9.17, 15) is 4.79 Å². The van der Waals surface area contributed by atoms with Crippen molar-refractivity contribution in [1.29, 1.82) is 0 Å². The molecule has 1 rings (SSSR count). The average molecular weight is 200 g/mol. The summed E-state index contributed by atoms with van der Waals surface area (Å²) in [7, 11) is 0. The molecule has 0 atom stereocenters. The summed E-state index contributed by atoms with van der Waals surface area (Å²) in [5.74, 6) is 1.64. The SMILES string of the molecule is CC(C)CCN=C1NC(=O)CCS1. The van der Waals surface area contributed by atoms with Gasteiger partial charge in [-0.3, -0.25) is 9.79 Å². The monoisotopic (exact) mass is 200 g/mol. The van der Waals surface area contributed by atoms with Gasteiger partial charge in [0.15, 0.2) is 5.17 Å². The van der Waals surface area contributed by atoms with E-state index in [4.69, 9.17) is 0 Å². The van der Waals surface area contributed by atoms with E-state index in [1.807, 2.05) is 0 Å². The molecular formula is C9H16N2OS. The molecule has 0 spiro atoms. The van der Waals surface area contributed by atoms with Crippen LogP contribution < -0.4 is 5.32 Å². The second kappa shape index (κ2) is 5.27. The van der Waals surface area contributed by atoms with Gasteiger partial charge in [0, 0.05) is 18.7 Å². The number of amides is 1. The van der Waals surface area contributed by atoms with Crippen molar-refractivity contribution in [3.63, 3.8) is 0 Å². The van der Waals surface area contributed by atoms with Crippen LogP contribution in [0.4, 0.5) is 0 Å². The van der Waals surface area contributed by atoms with E-state index >= 15 is 0 Å². The molecule has 1 fully saturated rings. The highest BCUT2D eigenvalue weighted by atomic mass is 32.2. The zero-order valence-corrected chi connectivity index (χ0v) is 8.99. The molecule has 1 N–H and O–H groups in total. The van der Waals surface area contributed by atoms with Crippen LogP contribution in [0.1, 0.15) is 26.7 Å². The van der Waals surface area contributed by atoms with Crippen molar-refractivity contribution >= 4 is 22.8 Å². The fourth-order valence-electron chi connectivity index (χ4n) is 0.968. The summed E-state index contributed by atoms with van der Waals surface area (Å²) in [5.41, 5.74) is 0. The third-order valence-corrected chi connectivity index (χ3v) is 2.69. The summed E-state index contributed by atoms with van der Waals surface area (Å²) >= 11 is 1.64. The summed E-state index contributed by atoms with van der Waals surface area (Å²) in [5, 5.41) is 3.57. The lowest BCUT2D eigenvalue weighted by atomic mass is 10.1. The van der Waals surface area contributed by atoms with E-state index < -0.39 is 0 Å². The number of hydrogen-bond acceptors (Lipinski definition) is 3. The van der Waals surface area contributed by atoms with Gasteiger partial charge >= 0.3 is 0 Å². The Morgan fingerprint density at radius 3 is 3.00 bits per heavy atom. The number of nitrogens with zero attached hydrogens (tertiary/aromatic N) is 1. The number of aliphatic imine (C=N–C) groups is 1. The molecular weight excluding hydrogens is 184 g/mol. The van der Waals surface area contributed by atoms with Crippen molar-refractivity contribution in [3.8, 4) is 0 Å². The maximum atomic E-state index is 11.0. The van der Waals surface area contributed by atoms with Gasteiger partial charge in [-0.15, -0.1) is 0 Å². The van der Waals surface area contributed by atoms with Crippen LogP contribution in [-0.2, 0) is 4.79 Å². The van der Waals surface area contributed by atoms with Crippen LogP contribution in [0.3, 0.4) is 0 Å². The zero-order valence-electron chi connectivity index (χ0n) is 8.17. The Morgan fingerprint density at radius 2 is 2.38 bits per heavy atom. The van der Waals surface area contributed by atoms with Crippen molar-refractivity contribution in [2.45, 2.75) is 26.7 Å². The molecule has 0 aromatic heterocycles. The molecule has 1 aliphatic rings. The average Bonchev–Trinajstić information content (AvgIpc) is 2.03. The highest BCUT2D eigenvalue weighted by Gasteiger charge is 2.12. The van der Waals surface area contributed by atoms with Gasteiger partial charge in [0.2, 0.25) is 5.91 Å². The first-order chi connectivity index (χ1) is 6.18. The summed E-state index contributed by atoms with van der Waals surface area (Å²) in [6.07, 6.45) is 1.70. The predicted octanol–water partition coefficient (Wildman–Crippen LogP) is 1.64. The molecule has 3 nitrogen and oxygen atoms in total. The van der Waals surface area contributed by atoms with E-state index in [-0.39, 0.29) is 5.91 Å². The molecule has 1 amide bonds. The van der Waals surface area contributed by atoms with Crippen LogP contribution in [0, 0.1) is 5.92 Å². The quantitative estimate of drug-likeness (QED) is 0.752. The van der Waals surface area contributed by atoms with Gasteiger partial charge in [-0.25, -0.2) is 0 Å². The molecule has 1 aliphatic heterocycles. The molecule has 0 unspecified atom stereocenters. The number of nitrogens with one attached hydrogen (secondary N) is 1. The molecule has 74 valence electrons. The lowest BCUT2D eigenvalue weighted by molar-refractivity contribution is -0.119. The van der Waals surface area contributed by atoms with E-state index in [0.29, 0.717) is 12.3 Å². The summed E-state index contributed by atoms with van der Waals surface area (Å²) in [6.45, 7) is 5.17. The summed E-state index contributed by atoms with van der Waals surface area (Å²) < 4.78 is 0. The van der Waals surface area contributed by atoms with Crippen LogP contribution in [0.15, 0.2) is 4.99 Å². The fraction of sp³-hybridized carbons (Fsp3) is 0.778. The standard InChI is InChI=1S/C9H16N2OS/c1-7(2)3-5-10-9-11-8(12)4-6-13-9/h7H,3-6H2,1-2H3,(H,10,11,12). The van der Waals surface area contributed by atoms with Crippen LogP contribution in [0.5, 0.6) is 0 Å². The third-order valence-electron chi connectivity index (χ3n) is 1.78. The molecule has 0 aromatic rings. The van der Waals surface area contributed by atoms with Gasteiger partial charge in [-0.05, 0) is 12.3 Å². The number of rotatable bonds is 3. The maximum Gasteiger partial charge on any atom is 0.226 e. The van der Waals surface area contributed by atoms with Crippen LogP contribution in [0.25, 0.3) is 0 Å². The predicted molar refractivity (Wildman–Crippen MR) is 57.0 cm³/mol.